The molecule has 1 heterocycles. The molecule has 0 aliphatic carbocycles. The van der Waals surface area contributed by atoms with Crippen molar-refractivity contribution in [2.75, 3.05) is 26.2 Å². The van der Waals surface area contributed by atoms with Crippen molar-refractivity contribution in [2.24, 2.45) is 0 Å². The highest BCUT2D eigenvalue weighted by Gasteiger charge is 2.33. The second-order valence-electron chi connectivity index (χ2n) is 7.72. The van der Waals surface area contributed by atoms with Crippen molar-refractivity contribution in [3.8, 4) is 0 Å². The number of rotatable bonds is 4. The number of halogens is 2. The molecular weight excluding hydrogens is 387 g/mol. The first-order valence-electron chi connectivity index (χ1n) is 8.86. The zero-order valence-electron chi connectivity index (χ0n) is 16.2. The Hall–Kier alpha value is -1.56. The van der Waals surface area contributed by atoms with Crippen LogP contribution in [0.3, 0.4) is 0 Å². The molecule has 1 aromatic carbocycles. The molecule has 1 aliphatic heterocycles. The van der Waals surface area contributed by atoms with E-state index in [1.54, 1.807) is 30.0 Å². The molecule has 1 unspecified atom stereocenters. The summed E-state index contributed by atoms with van der Waals surface area (Å²) in [5.41, 5.74) is 0.705. The molecule has 5 nitrogen and oxygen atoms in total. The third kappa shape index (κ3) is 5.71. The van der Waals surface area contributed by atoms with Crippen LogP contribution >= 0.6 is 23.2 Å². The molecular formula is C20H26Cl2N2O3. The molecule has 1 aliphatic rings. The van der Waals surface area contributed by atoms with Crippen LogP contribution in [0.25, 0.3) is 0 Å². The van der Waals surface area contributed by atoms with Crippen molar-refractivity contribution < 1.29 is 14.3 Å². The zero-order chi connectivity index (χ0) is 20.4. The SMILES string of the molecule is C=C(C)C(=O)C(c1ccc(Cl)c(Cl)c1)N1CCN(C(=O)OC(C)(C)C)CC1. The molecule has 0 aromatic heterocycles. The van der Waals surface area contributed by atoms with Gasteiger partial charge in [0.1, 0.15) is 5.60 Å². The van der Waals surface area contributed by atoms with Gasteiger partial charge in [0, 0.05) is 26.2 Å². The maximum absolute atomic E-state index is 12.8. The summed E-state index contributed by atoms with van der Waals surface area (Å²) in [6.45, 7) is 13.1. The summed E-state index contributed by atoms with van der Waals surface area (Å²) in [7, 11) is 0. The highest BCUT2D eigenvalue weighted by molar-refractivity contribution is 6.42. The summed E-state index contributed by atoms with van der Waals surface area (Å²) in [6.07, 6.45) is -0.334. The van der Waals surface area contributed by atoms with Crippen molar-refractivity contribution in [3.05, 3.63) is 46.0 Å². The van der Waals surface area contributed by atoms with Crippen LogP contribution < -0.4 is 0 Å². The number of hydrogen-bond acceptors (Lipinski definition) is 4. The predicted octanol–water partition coefficient (Wildman–Crippen LogP) is 4.73. The molecule has 27 heavy (non-hydrogen) atoms. The number of nitrogens with zero attached hydrogens (tertiary/aromatic N) is 2. The van der Waals surface area contributed by atoms with E-state index >= 15 is 0 Å². The summed E-state index contributed by atoms with van der Waals surface area (Å²) >= 11 is 12.2. The molecule has 0 bridgehead atoms. The Kier molecular flexibility index (Phi) is 6.95. The number of Topliss-reactive ketones (excluding diaryl/α,β-unsaturated/α-hetero) is 1. The maximum Gasteiger partial charge on any atom is 0.410 e. The van der Waals surface area contributed by atoms with Gasteiger partial charge in [0.25, 0.3) is 0 Å². The van der Waals surface area contributed by atoms with Gasteiger partial charge in [-0.15, -0.1) is 0 Å². The maximum atomic E-state index is 12.8. The van der Waals surface area contributed by atoms with Crippen LogP contribution in [0.15, 0.2) is 30.4 Å². The van der Waals surface area contributed by atoms with E-state index in [1.165, 1.54) is 0 Å². The van der Waals surface area contributed by atoms with Crippen molar-refractivity contribution in [2.45, 2.75) is 39.3 Å². The van der Waals surface area contributed by atoms with Crippen molar-refractivity contribution in [3.63, 3.8) is 0 Å². The number of amides is 1. The van der Waals surface area contributed by atoms with E-state index in [1.807, 2.05) is 25.7 Å². The molecule has 1 amide bonds. The van der Waals surface area contributed by atoms with Gasteiger partial charge < -0.3 is 9.64 Å². The van der Waals surface area contributed by atoms with Crippen LogP contribution in [0, 0.1) is 0 Å². The van der Waals surface area contributed by atoms with E-state index in [0.717, 1.165) is 5.56 Å². The summed E-state index contributed by atoms with van der Waals surface area (Å²) in [4.78, 5) is 28.8. The molecule has 0 radical (unpaired) electrons. The van der Waals surface area contributed by atoms with Crippen molar-refractivity contribution in [1.82, 2.24) is 9.80 Å². The average Bonchev–Trinajstić information content (AvgIpc) is 2.57. The Morgan fingerprint density at radius 3 is 2.19 bits per heavy atom. The normalized spacial score (nSPS) is 16.7. The summed E-state index contributed by atoms with van der Waals surface area (Å²) in [5, 5.41) is 0.845. The molecule has 2 rings (SSSR count). The number of hydrogen-bond donors (Lipinski definition) is 0. The van der Waals surface area contributed by atoms with Crippen LogP contribution in [-0.2, 0) is 9.53 Å². The second kappa shape index (κ2) is 8.63. The molecule has 1 atom stereocenters. The lowest BCUT2D eigenvalue weighted by molar-refractivity contribution is -0.121. The monoisotopic (exact) mass is 412 g/mol. The van der Waals surface area contributed by atoms with Gasteiger partial charge in [-0.3, -0.25) is 9.69 Å². The molecule has 148 valence electrons. The topological polar surface area (TPSA) is 49.9 Å². The van der Waals surface area contributed by atoms with Crippen LogP contribution in [0.4, 0.5) is 4.79 Å². The number of carbonyl (C=O) groups is 2. The zero-order valence-corrected chi connectivity index (χ0v) is 17.7. The quantitative estimate of drug-likeness (QED) is 0.670. The van der Waals surface area contributed by atoms with E-state index in [4.69, 9.17) is 27.9 Å². The minimum absolute atomic E-state index is 0.0703. The summed E-state index contributed by atoms with van der Waals surface area (Å²) in [5.74, 6) is -0.0703. The lowest BCUT2D eigenvalue weighted by atomic mass is 9.96. The number of carbonyl (C=O) groups excluding carboxylic acids is 2. The van der Waals surface area contributed by atoms with Gasteiger partial charge in [-0.2, -0.15) is 0 Å². The second-order valence-corrected chi connectivity index (χ2v) is 8.54. The molecule has 0 N–H and O–H groups in total. The van der Waals surface area contributed by atoms with Gasteiger partial charge in [-0.1, -0.05) is 35.8 Å². The first kappa shape index (κ1) is 21.7. The Bertz CT molecular complexity index is 735. The Labute approximate surface area is 170 Å². The van der Waals surface area contributed by atoms with Gasteiger partial charge in [0.05, 0.1) is 16.1 Å². The lowest BCUT2D eigenvalue weighted by Crippen LogP contribution is -2.52. The Balaban J connectivity index is 2.17. The fourth-order valence-electron chi connectivity index (χ4n) is 2.93. The first-order valence-corrected chi connectivity index (χ1v) is 9.62. The van der Waals surface area contributed by atoms with Gasteiger partial charge in [-0.25, -0.2) is 4.79 Å². The van der Waals surface area contributed by atoms with E-state index < -0.39 is 11.6 Å². The molecule has 0 saturated carbocycles. The minimum atomic E-state index is -0.535. The number of ketones is 1. The Morgan fingerprint density at radius 2 is 1.70 bits per heavy atom. The van der Waals surface area contributed by atoms with Crippen LogP contribution in [0.1, 0.15) is 39.3 Å². The molecule has 1 saturated heterocycles. The van der Waals surface area contributed by atoms with E-state index in [9.17, 15) is 9.59 Å². The third-order valence-corrected chi connectivity index (χ3v) is 5.00. The van der Waals surface area contributed by atoms with E-state index in [2.05, 4.69) is 6.58 Å². The average molecular weight is 413 g/mol. The predicted molar refractivity (Wildman–Crippen MR) is 108 cm³/mol. The number of ether oxygens (including phenoxy) is 1. The van der Waals surface area contributed by atoms with Crippen molar-refractivity contribution in [1.29, 1.82) is 0 Å². The van der Waals surface area contributed by atoms with Crippen LogP contribution in [-0.4, -0.2) is 53.5 Å². The highest BCUT2D eigenvalue weighted by atomic mass is 35.5. The number of benzene rings is 1. The van der Waals surface area contributed by atoms with Crippen LogP contribution in [0.5, 0.6) is 0 Å². The summed E-state index contributed by atoms with van der Waals surface area (Å²) < 4.78 is 5.43. The highest BCUT2D eigenvalue weighted by Crippen LogP contribution is 2.31. The van der Waals surface area contributed by atoms with Gasteiger partial charge in [0.2, 0.25) is 0 Å². The molecule has 7 heteroatoms. The smallest absolute Gasteiger partial charge is 0.410 e. The fourth-order valence-corrected chi connectivity index (χ4v) is 3.24. The molecule has 1 aromatic rings. The third-order valence-electron chi connectivity index (χ3n) is 4.26. The standard InChI is InChI=1S/C20H26Cl2N2O3/c1-13(2)18(25)17(14-6-7-15(21)16(22)12-14)23-8-10-24(11-9-23)19(26)27-20(3,4)5/h6-7,12,17H,1,8-11H2,2-5H3. The first-order chi connectivity index (χ1) is 12.5. The lowest BCUT2D eigenvalue weighted by Gasteiger charge is -2.39. The van der Waals surface area contributed by atoms with E-state index in [0.29, 0.717) is 41.8 Å². The van der Waals surface area contributed by atoms with Gasteiger partial charge in [-0.05, 0) is 51.0 Å². The molecule has 0 spiro atoms. The largest absolute Gasteiger partial charge is 0.444 e. The van der Waals surface area contributed by atoms with Gasteiger partial charge in [0.15, 0.2) is 5.78 Å². The fraction of sp³-hybridized carbons (Fsp3) is 0.500. The van der Waals surface area contributed by atoms with Crippen molar-refractivity contribution >= 4 is 35.1 Å². The number of piperazine rings is 1. The van der Waals surface area contributed by atoms with Gasteiger partial charge >= 0.3 is 6.09 Å². The minimum Gasteiger partial charge on any atom is -0.444 e. The summed E-state index contributed by atoms with van der Waals surface area (Å²) in [6, 6.07) is 4.71. The molecule has 1 fully saturated rings. The van der Waals surface area contributed by atoms with Crippen LogP contribution in [0.2, 0.25) is 10.0 Å². The Morgan fingerprint density at radius 1 is 1.11 bits per heavy atom. The van der Waals surface area contributed by atoms with E-state index in [-0.39, 0.29) is 11.9 Å².